The van der Waals surface area contributed by atoms with Crippen molar-refractivity contribution in [2.75, 3.05) is 5.75 Å². The Kier molecular flexibility index (Phi) is 7.36. The maximum atomic E-state index is 11.2. The largest absolute Gasteiger partial charge is 0.282 e. The molecule has 1 unspecified atom stereocenters. The zero-order valence-electron chi connectivity index (χ0n) is 10.6. The van der Waals surface area contributed by atoms with Crippen LogP contribution in [0.15, 0.2) is 21.3 Å². The van der Waals surface area contributed by atoms with Crippen LogP contribution in [0.3, 0.4) is 0 Å². The minimum absolute atomic E-state index is 0.0245. The fourth-order valence-corrected chi connectivity index (χ4v) is 5.06. The Labute approximate surface area is 125 Å². The lowest BCUT2D eigenvalue weighted by Crippen LogP contribution is -2.03. The molecule has 0 aliphatic heterocycles. The quantitative estimate of drug-likeness (QED) is 0.559. The van der Waals surface area contributed by atoms with Gasteiger partial charge in [0.1, 0.15) is 0 Å². The van der Waals surface area contributed by atoms with E-state index in [1.807, 2.05) is 6.92 Å². The number of rotatable bonds is 7. The first kappa shape index (κ1) is 16.1. The minimum atomic E-state index is 0.0245. The number of carbonyl (C=O) groups excluding carboxylic acids is 1. The van der Waals surface area contributed by atoms with Crippen LogP contribution >= 0.6 is 46.6 Å². The zero-order valence-corrected chi connectivity index (χ0v) is 13.8. The van der Waals surface area contributed by atoms with Gasteiger partial charge in [-0.25, -0.2) is 0 Å². The van der Waals surface area contributed by atoms with Crippen LogP contribution in [-0.2, 0) is 4.79 Å². The fourth-order valence-electron chi connectivity index (χ4n) is 0.974. The summed E-state index contributed by atoms with van der Waals surface area (Å²) in [7, 11) is 0. The van der Waals surface area contributed by atoms with Crippen molar-refractivity contribution in [2.24, 2.45) is 0 Å². The molecule has 0 spiro atoms. The Bertz CT molecular complexity index is 406. The molecule has 0 N–H and O–H groups in total. The van der Waals surface area contributed by atoms with Crippen LogP contribution in [0, 0.1) is 0 Å². The molecule has 0 aliphatic carbocycles. The molecule has 1 rings (SSSR count). The maximum Gasteiger partial charge on any atom is 0.211 e. The van der Waals surface area contributed by atoms with Crippen LogP contribution in [0.5, 0.6) is 0 Å². The van der Waals surface area contributed by atoms with Crippen LogP contribution < -0.4 is 0 Å². The first-order valence-corrected chi connectivity index (χ1v) is 9.03. The van der Waals surface area contributed by atoms with Gasteiger partial charge in [-0.15, -0.1) is 10.2 Å². The summed E-state index contributed by atoms with van der Waals surface area (Å²) in [5.74, 6) is 0.852. The lowest BCUT2D eigenvalue weighted by molar-refractivity contribution is -0.107. The van der Waals surface area contributed by atoms with Gasteiger partial charge in [0.15, 0.2) is 8.68 Å². The standard InChI is InChI=1S/C11H16N2OS4/c1-5-9(14)17-8(4)6-15-10-12-13-11(18-10)16-7(2)3/h5,7-8H,1,6H2,2-4H3. The van der Waals surface area contributed by atoms with Gasteiger partial charge in [-0.05, 0) is 6.08 Å². The van der Waals surface area contributed by atoms with Crippen molar-refractivity contribution in [2.45, 2.75) is 40.0 Å². The van der Waals surface area contributed by atoms with Crippen molar-refractivity contribution in [3.05, 3.63) is 12.7 Å². The average Bonchev–Trinajstić information content (AvgIpc) is 2.73. The number of aromatic nitrogens is 2. The van der Waals surface area contributed by atoms with Crippen LogP contribution in [0.2, 0.25) is 0 Å². The third kappa shape index (κ3) is 6.26. The van der Waals surface area contributed by atoms with Gasteiger partial charge >= 0.3 is 0 Å². The Morgan fingerprint density at radius 1 is 1.39 bits per heavy atom. The molecule has 0 amide bonds. The second-order valence-electron chi connectivity index (χ2n) is 3.76. The Balaban J connectivity index is 2.36. The van der Waals surface area contributed by atoms with E-state index in [0.29, 0.717) is 5.25 Å². The van der Waals surface area contributed by atoms with Gasteiger partial charge in [0.2, 0.25) is 5.12 Å². The molecule has 0 radical (unpaired) electrons. The highest BCUT2D eigenvalue weighted by atomic mass is 32.2. The van der Waals surface area contributed by atoms with Crippen LogP contribution in [0.1, 0.15) is 20.8 Å². The summed E-state index contributed by atoms with van der Waals surface area (Å²) in [6.45, 7) is 9.77. The second kappa shape index (κ2) is 8.24. The number of nitrogens with zero attached hydrogens (tertiary/aromatic N) is 2. The molecule has 0 bridgehead atoms. The highest BCUT2D eigenvalue weighted by molar-refractivity contribution is 8.15. The summed E-state index contributed by atoms with van der Waals surface area (Å²) < 4.78 is 1.98. The highest BCUT2D eigenvalue weighted by Gasteiger charge is 2.11. The molecule has 1 atom stereocenters. The van der Waals surface area contributed by atoms with Crippen molar-refractivity contribution >= 4 is 51.7 Å². The molecule has 0 saturated carbocycles. The molecule has 1 heterocycles. The van der Waals surface area contributed by atoms with E-state index in [1.165, 1.54) is 17.8 Å². The number of thioether (sulfide) groups is 3. The van der Waals surface area contributed by atoms with Gasteiger partial charge in [0.25, 0.3) is 0 Å². The molecular weight excluding hydrogens is 304 g/mol. The van der Waals surface area contributed by atoms with Gasteiger partial charge in [0.05, 0.1) is 0 Å². The third-order valence-electron chi connectivity index (χ3n) is 1.65. The molecule has 1 aromatic heterocycles. The minimum Gasteiger partial charge on any atom is -0.282 e. The summed E-state index contributed by atoms with van der Waals surface area (Å²) in [4.78, 5) is 11.2. The van der Waals surface area contributed by atoms with Gasteiger partial charge in [-0.2, -0.15) is 0 Å². The summed E-state index contributed by atoms with van der Waals surface area (Å²) in [6, 6.07) is 0. The third-order valence-corrected chi connectivity index (χ3v) is 6.23. The molecular formula is C11H16N2OS4. The molecule has 3 nitrogen and oxygen atoms in total. The van der Waals surface area contributed by atoms with Crippen LogP contribution in [0.25, 0.3) is 0 Å². The predicted octanol–water partition coefficient (Wildman–Crippen LogP) is 3.97. The van der Waals surface area contributed by atoms with E-state index in [0.717, 1.165) is 14.4 Å². The monoisotopic (exact) mass is 320 g/mol. The molecule has 100 valence electrons. The molecule has 0 aromatic carbocycles. The van der Waals surface area contributed by atoms with Gasteiger partial charge < -0.3 is 0 Å². The van der Waals surface area contributed by atoms with E-state index >= 15 is 0 Å². The SMILES string of the molecule is C=CC(=O)SC(C)CSc1nnc(SC(C)C)s1. The summed E-state index contributed by atoms with van der Waals surface area (Å²) >= 11 is 6.31. The van der Waals surface area contributed by atoms with Crippen LogP contribution in [-0.4, -0.2) is 31.6 Å². The molecule has 0 fully saturated rings. The Morgan fingerprint density at radius 3 is 2.67 bits per heavy atom. The molecule has 7 heteroatoms. The number of carbonyl (C=O) groups is 1. The lowest BCUT2D eigenvalue weighted by atomic mass is 10.6. The van der Waals surface area contributed by atoms with Crippen molar-refractivity contribution < 1.29 is 4.79 Å². The van der Waals surface area contributed by atoms with E-state index in [-0.39, 0.29) is 10.4 Å². The predicted molar refractivity (Wildman–Crippen MR) is 83.9 cm³/mol. The number of hydrogen-bond donors (Lipinski definition) is 0. The second-order valence-corrected chi connectivity index (χ2v) is 9.27. The summed E-state index contributed by atoms with van der Waals surface area (Å²) in [6.07, 6.45) is 1.36. The van der Waals surface area contributed by atoms with Crippen LogP contribution in [0.4, 0.5) is 0 Å². The van der Waals surface area contributed by atoms with Gasteiger partial charge in [-0.3, -0.25) is 4.79 Å². The van der Waals surface area contributed by atoms with Crippen molar-refractivity contribution in [3.63, 3.8) is 0 Å². The van der Waals surface area contributed by atoms with Gasteiger partial charge in [-0.1, -0.05) is 74.0 Å². The zero-order chi connectivity index (χ0) is 13.5. The molecule has 0 saturated heterocycles. The van der Waals surface area contributed by atoms with E-state index in [4.69, 9.17) is 0 Å². The maximum absolute atomic E-state index is 11.2. The van der Waals surface area contributed by atoms with E-state index in [9.17, 15) is 4.79 Å². The first-order chi connectivity index (χ1) is 8.51. The van der Waals surface area contributed by atoms with Gasteiger partial charge in [0, 0.05) is 16.3 Å². The van der Waals surface area contributed by atoms with Crippen molar-refractivity contribution in [3.8, 4) is 0 Å². The topological polar surface area (TPSA) is 42.9 Å². The molecule has 0 aliphatic rings. The normalized spacial score (nSPS) is 12.7. The summed E-state index contributed by atoms with van der Waals surface area (Å²) in [5, 5.41) is 9.07. The van der Waals surface area contributed by atoms with Crippen molar-refractivity contribution in [1.82, 2.24) is 10.2 Å². The van der Waals surface area contributed by atoms with E-state index in [1.54, 1.807) is 34.9 Å². The van der Waals surface area contributed by atoms with E-state index in [2.05, 4.69) is 30.6 Å². The first-order valence-electron chi connectivity index (χ1n) is 5.47. The fraction of sp³-hybridized carbons (Fsp3) is 0.545. The number of hydrogen-bond acceptors (Lipinski definition) is 7. The Hall–Kier alpha value is 0.0200. The molecule has 18 heavy (non-hydrogen) atoms. The van der Waals surface area contributed by atoms with Crippen molar-refractivity contribution in [1.29, 1.82) is 0 Å². The lowest BCUT2D eigenvalue weighted by Gasteiger charge is -2.05. The highest BCUT2D eigenvalue weighted by Crippen LogP contribution is 2.32. The average molecular weight is 321 g/mol. The molecule has 1 aromatic rings. The Morgan fingerprint density at radius 2 is 2.06 bits per heavy atom. The van der Waals surface area contributed by atoms with E-state index < -0.39 is 0 Å². The summed E-state index contributed by atoms with van der Waals surface area (Å²) in [5.41, 5.74) is 0. The smallest absolute Gasteiger partial charge is 0.211 e.